The Morgan fingerprint density at radius 3 is 2.70 bits per heavy atom. The highest BCUT2D eigenvalue weighted by molar-refractivity contribution is 7.16. The number of ketones is 1. The molecule has 0 atom stereocenters. The van der Waals surface area contributed by atoms with Crippen LogP contribution in [0.25, 0.3) is 10.3 Å². The van der Waals surface area contributed by atoms with E-state index < -0.39 is 4.94 Å². The summed E-state index contributed by atoms with van der Waals surface area (Å²) in [7, 11) is 0. The molecule has 0 radical (unpaired) electrons. The van der Waals surface area contributed by atoms with Gasteiger partial charge in [0.15, 0.2) is 11.4 Å². The summed E-state index contributed by atoms with van der Waals surface area (Å²) in [5.41, 5.74) is 1.74. The number of phenols is 1. The molecule has 0 aliphatic heterocycles. The lowest BCUT2D eigenvalue weighted by Crippen LogP contribution is -2.04. The van der Waals surface area contributed by atoms with E-state index in [1.54, 1.807) is 12.1 Å². The molecule has 100 valence electrons. The Morgan fingerprint density at radius 1 is 1.20 bits per heavy atom. The van der Waals surface area contributed by atoms with Crippen LogP contribution in [-0.2, 0) is 0 Å². The predicted molar refractivity (Wildman–Crippen MR) is 76.6 cm³/mol. The zero-order chi connectivity index (χ0) is 14.3. The number of fused-ring (bicyclic) bond motifs is 1. The van der Waals surface area contributed by atoms with Gasteiger partial charge in [-0.25, -0.2) is 4.79 Å². The highest BCUT2D eigenvalue weighted by atomic mass is 32.1. The predicted octanol–water partition coefficient (Wildman–Crippen LogP) is 3.10. The van der Waals surface area contributed by atoms with Gasteiger partial charge in [-0.2, -0.15) is 0 Å². The lowest BCUT2D eigenvalue weighted by molar-refractivity contribution is 0.103. The number of hydrogen-bond donors (Lipinski definition) is 1. The fraction of sp³-hybridized carbons (Fsp3) is 0.0667. The van der Waals surface area contributed by atoms with Gasteiger partial charge in [0.2, 0.25) is 0 Å². The maximum absolute atomic E-state index is 12.6. The Kier molecular flexibility index (Phi) is 2.91. The van der Waals surface area contributed by atoms with E-state index in [4.69, 9.17) is 4.42 Å². The minimum atomic E-state index is -0.496. The topological polar surface area (TPSA) is 67.5 Å². The zero-order valence-corrected chi connectivity index (χ0v) is 11.4. The first-order chi connectivity index (χ1) is 9.58. The molecule has 1 N–H and O–H groups in total. The molecule has 0 fully saturated rings. The van der Waals surface area contributed by atoms with Crippen molar-refractivity contribution in [3.8, 4) is 5.75 Å². The number of carbonyl (C=O) groups is 1. The first-order valence-corrected chi connectivity index (χ1v) is 6.75. The second-order valence-electron chi connectivity index (χ2n) is 4.39. The van der Waals surface area contributed by atoms with Crippen LogP contribution in [0.15, 0.2) is 45.6 Å². The maximum atomic E-state index is 12.6. The van der Waals surface area contributed by atoms with Gasteiger partial charge in [0.1, 0.15) is 5.75 Å². The van der Waals surface area contributed by atoms with Crippen molar-refractivity contribution < 1.29 is 14.3 Å². The Balaban J connectivity index is 2.29. The van der Waals surface area contributed by atoms with Crippen LogP contribution in [0.3, 0.4) is 0 Å². The second-order valence-corrected chi connectivity index (χ2v) is 5.33. The van der Waals surface area contributed by atoms with E-state index in [2.05, 4.69) is 0 Å². The summed E-state index contributed by atoms with van der Waals surface area (Å²) in [6, 6.07) is 9.96. The summed E-state index contributed by atoms with van der Waals surface area (Å²) in [6.07, 6.45) is 0. The molecular formula is C15H10O4S. The van der Waals surface area contributed by atoms with Crippen LogP contribution in [0.5, 0.6) is 5.75 Å². The molecule has 0 amide bonds. The number of hydrogen-bond acceptors (Lipinski definition) is 5. The number of phenolic OH excluding ortho intramolecular Hbond substituents is 1. The van der Waals surface area contributed by atoms with Crippen molar-refractivity contribution in [2.75, 3.05) is 0 Å². The third kappa shape index (κ3) is 1.92. The number of carbonyl (C=O) groups excluding carboxylic acids is 1. The number of rotatable bonds is 2. The fourth-order valence-corrected chi connectivity index (χ4v) is 2.92. The van der Waals surface area contributed by atoms with E-state index >= 15 is 0 Å². The Labute approximate surface area is 117 Å². The average Bonchev–Trinajstić information content (AvgIpc) is 2.79. The molecule has 0 unspecified atom stereocenters. The minimum Gasteiger partial charge on any atom is -0.507 e. The van der Waals surface area contributed by atoms with Gasteiger partial charge in [-0.1, -0.05) is 35.6 Å². The molecule has 0 aliphatic rings. The van der Waals surface area contributed by atoms with Crippen molar-refractivity contribution in [3.63, 3.8) is 0 Å². The Bertz CT molecular complexity index is 873. The molecule has 3 rings (SSSR count). The Morgan fingerprint density at radius 2 is 1.95 bits per heavy atom. The van der Waals surface area contributed by atoms with Crippen molar-refractivity contribution in [1.29, 1.82) is 0 Å². The normalized spacial score (nSPS) is 10.8. The molecule has 0 bridgehead atoms. The van der Waals surface area contributed by atoms with Crippen molar-refractivity contribution in [2.45, 2.75) is 6.92 Å². The smallest absolute Gasteiger partial charge is 0.396 e. The van der Waals surface area contributed by atoms with Crippen molar-refractivity contribution >= 4 is 27.4 Å². The molecule has 4 nitrogen and oxygen atoms in total. The van der Waals surface area contributed by atoms with E-state index in [0.717, 1.165) is 16.9 Å². The first kappa shape index (κ1) is 12.6. The SMILES string of the molecule is Cc1ccccc1C(=O)c1c(O)ccc2oc(=O)sc12. The molecule has 20 heavy (non-hydrogen) atoms. The third-order valence-electron chi connectivity index (χ3n) is 3.10. The standard InChI is InChI=1S/C15H10O4S/c1-8-4-2-3-5-9(8)13(17)12-10(16)6-7-11-14(12)20-15(18)19-11/h2-7,16H,1H3. The van der Waals surface area contributed by atoms with Gasteiger partial charge in [-0.05, 0) is 24.6 Å². The van der Waals surface area contributed by atoms with Gasteiger partial charge < -0.3 is 9.52 Å². The zero-order valence-electron chi connectivity index (χ0n) is 10.5. The highest BCUT2D eigenvalue weighted by Gasteiger charge is 2.21. The van der Waals surface area contributed by atoms with E-state index in [9.17, 15) is 14.7 Å². The van der Waals surface area contributed by atoms with Crippen LogP contribution in [0.1, 0.15) is 21.5 Å². The van der Waals surface area contributed by atoms with Gasteiger partial charge in [0.25, 0.3) is 0 Å². The quantitative estimate of drug-likeness (QED) is 0.735. The van der Waals surface area contributed by atoms with Crippen molar-refractivity contribution in [3.05, 3.63) is 62.8 Å². The molecular weight excluding hydrogens is 276 g/mol. The number of aryl methyl sites for hydroxylation is 1. The third-order valence-corrected chi connectivity index (χ3v) is 3.95. The van der Waals surface area contributed by atoms with Crippen LogP contribution in [0.4, 0.5) is 0 Å². The van der Waals surface area contributed by atoms with Crippen LogP contribution in [0, 0.1) is 6.92 Å². The minimum absolute atomic E-state index is 0.118. The molecule has 0 saturated carbocycles. The van der Waals surface area contributed by atoms with Gasteiger partial charge in [0, 0.05) is 5.56 Å². The summed E-state index contributed by atoms with van der Waals surface area (Å²) in [4.78, 5) is 23.5. The van der Waals surface area contributed by atoms with E-state index in [1.165, 1.54) is 12.1 Å². The van der Waals surface area contributed by atoms with Crippen molar-refractivity contribution in [2.24, 2.45) is 0 Å². The van der Waals surface area contributed by atoms with Crippen LogP contribution < -0.4 is 4.94 Å². The van der Waals surface area contributed by atoms with Crippen LogP contribution in [0.2, 0.25) is 0 Å². The number of benzene rings is 2. The Hall–Kier alpha value is -2.40. The van der Waals surface area contributed by atoms with Crippen LogP contribution >= 0.6 is 11.3 Å². The van der Waals surface area contributed by atoms with E-state index in [-0.39, 0.29) is 17.1 Å². The second kappa shape index (κ2) is 4.61. The summed E-state index contributed by atoms with van der Waals surface area (Å²) < 4.78 is 5.36. The largest absolute Gasteiger partial charge is 0.507 e. The fourth-order valence-electron chi connectivity index (χ4n) is 2.11. The van der Waals surface area contributed by atoms with Crippen LogP contribution in [-0.4, -0.2) is 10.9 Å². The number of aromatic hydroxyl groups is 1. The summed E-state index contributed by atoms with van der Waals surface area (Å²) >= 11 is 0.819. The van der Waals surface area contributed by atoms with Crippen molar-refractivity contribution in [1.82, 2.24) is 0 Å². The molecule has 5 heteroatoms. The van der Waals surface area contributed by atoms with Gasteiger partial charge >= 0.3 is 4.94 Å². The van der Waals surface area contributed by atoms with Gasteiger partial charge in [0.05, 0.1) is 10.3 Å². The maximum Gasteiger partial charge on any atom is 0.396 e. The summed E-state index contributed by atoms with van der Waals surface area (Å²) in [5.74, 6) is -0.467. The summed E-state index contributed by atoms with van der Waals surface area (Å²) in [5, 5.41) is 9.98. The molecule has 0 saturated heterocycles. The summed E-state index contributed by atoms with van der Waals surface area (Å²) in [6.45, 7) is 1.82. The molecule has 3 aromatic rings. The molecule has 1 heterocycles. The van der Waals surface area contributed by atoms with E-state index in [1.807, 2.05) is 19.1 Å². The van der Waals surface area contributed by atoms with Gasteiger partial charge in [-0.3, -0.25) is 4.79 Å². The monoisotopic (exact) mass is 286 g/mol. The molecule has 1 aromatic heterocycles. The lowest BCUT2D eigenvalue weighted by atomic mass is 9.98. The molecule has 0 spiro atoms. The highest BCUT2D eigenvalue weighted by Crippen LogP contribution is 2.31. The lowest BCUT2D eigenvalue weighted by Gasteiger charge is -2.07. The van der Waals surface area contributed by atoms with E-state index in [0.29, 0.717) is 15.8 Å². The van der Waals surface area contributed by atoms with Gasteiger partial charge in [-0.15, -0.1) is 0 Å². The molecule has 2 aromatic carbocycles. The first-order valence-electron chi connectivity index (χ1n) is 5.94. The average molecular weight is 286 g/mol. The molecule has 0 aliphatic carbocycles.